The molecular formula is C19H18N4OS. The van der Waals surface area contributed by atoms with Gasteiger partial charge < -0.3 is 9.30 Å². The third-order valence-corrected chi connectivity index (χ3v) is 4.89. The van der Waals surface area contributed by atoms with Crippen LogP contribution < -0.4 is 4.74 Å². The van der Waals surface area contributed by atoms with Crippen molar-refractivity contribution in [3.8, 4) is 17.3 Å². The molecule has 0 N–H and O–H groups in total. The van der Waals surface area contributed by atoms with E-state index < -0.39 is 0 Å². The molecule has 126 valence electrons. The third kappa shape index (κ3) is 2.59. The molecule has 25 heavy (non-hydrogen) atoms. The van der Waals surface area contributed by atoms with Crippen LogP contribution in [0.1, 0.15) is 5.56 Å². The second-order valence-electron chi connectivity index (χ2n) is 5.66. The van der Waals surface area contributed by atoms with Crippen LogP contribution in [0.4, 0.5) is 0 Å². The normalized spacial score (nSPS) is 11.2. The standard InChI is InChI=1S/C19H18N4OS/c1-13-17(24-2)8-9-20-18(13)23-16-7-6-14(22-10-4-5-11-22)12-15(16)21-19(23)25-3/h4-12H,1-3H3. The first-order valence-electron chi connectivity index (χ1n) is 7.92. The van der Waals surface area contributed by atoms with Gasteiger partial charge in [0.15, 0.2) is 5.16 Å². The Labute approximate surface area is 150 Å². The molecular weight excluding hydrogens is 332 g/mol. The summed E-state index contributed by atoms with van der Waals surface area (Å²) in [7, 11) is 1.68. The Balaban J connectivity index is 1.95. The summed E-state index contributed by atoms with van der Waals surface area (Å²) < 4.78 is 9.62. The average Bonchev–Trinajstić information content (AvgIpc) is 3.29. The highest BCUT2D eigenvalue weighted by Gasteiger charge is 2.17. The van der Waals surface area contributed by atoms with Crippen LogP contribution in [0.15, 0.2) is 60.1 Å². The number of aromatic nitrogens is 4. The molecule has 3 heterocycles. The van der Waals surface area contributed by atoms with E-state index in [1.165, 1.54) is 0 Å². The number of hydrogen-bond donors (Lipinski definition) is 0. The minimum Gasteiger partial charge on any atom is -0.496 e. The molecule has 0 spiro atoms. The molecule has 0 amide bonds. The van der Waals surface area contributed by atoms with Crippen LogP contribution in [-0.2, 0) is 0 Å². The molecule has 1 aromatic carbocycles. The molecule has 0 unspecified atom stereocenters. The van der Waals surface area contributed by atoms with Crippen LogP contribution in [0.25, 0.3) is 22.5 Å². The molecule has 0 saturated heterocycles. The first kappa shape index (κ1) is 15.8. The number of thioether (sulfide) groups is 1. The Morgan fingerprint density at radius 2 is 1.92 bits per heavy atom. The van der Waals surface area contributed by atoms with Crippen molar-refractivity contribution >= 4 is 22.8 Å². The van der Waals surface area contributed by atoms with Crippen molar-refractivity contribution in [1.29, 1.82) is 0 Å². The van der Waals surface area contributed by atoms with Gasteiger partial charge in [-0.1, -0.05) is 11.8 Å². The van der Waals surface area contributed by atoms with E-state index in [1.807, 2.05) is 43.8 Å². The summed E-state index contributed by atoms with van der Waals surface area (Å²) in [4.78, 5) is 9.39. The lowest BCUT2D eigenvalue weighted by molar-refractivity contribution is 0.410. The molecule has 0 saturated carbocycles. The number of benzene rings is 1. The second kappa shape index (κ2) is 6.29. The fourth-order valence-corrected chi connectivity index (χ4v) is 3.57. The Bertz CT molecular complexity index is 1040. The third-order valence-electron chi connectivity index (χ3n) is 4.25. The highest BCUT2D eigenvalue weighted by Crippen LogP contribution is 2.31. The number of fused-ring (bicyclic) bond motifs is 1. The second-order valence-corrected chi connectivity index (χ2v) is 6.43. The van der Waals surface area contributed by atoms with E-state index in [9.17, 15) is 0 Å². The van der Waals surface area contributed by atoms with Crippen LogP contribution in [0.5, 0.6) is 5.75 Å². The van der Waals surface area contributed by atoms with Gasteiger partial charge in [-0.2, -0.15) is 0 Å². The quantitative estimate of drug-likeness (QED) is 0.516. The molecule has 0 atom stereocenters. The maximum atomic E-state index is 5.45. The topological polar surface area (TPSA) is 44.9 Å². The molecule has 0 aliphatic heterocycles. The zero-order valence-electron chi connectivity index (χ0n) is 14.3. The summed E-state index contributed by atoms with van der Waals surface area (Å²) in [6, 6.07) is 12.2. The van der Waals surface area contributed by atoms with Crippen molar-refractivity contribution in [2.45, 2.75) is 12.1 Å². The molecule has 5 nitrogen and oxygen atoms in total. The average molecular weight is 350 g/mol. The monoisotopic (exact) mass is 350 g/mol. The maximum Gasteiger partial charge on any atom is 0.174 e. The van der Waals surface area contributed by atoms with E-state index in [0.717, 1.165) is 39.0 Å². The van der Waals surface area contributed by atoms with Crippen molar-refractivity contribution in [2.24, 2.45) is 0 Å². The Morgan fingerprint density at radius 3 is 2.64 bits per heavy atom. The van der Waals surface area contributed by atoms with Gasteiger partial charge >= 0.3 is 0 Å². The van der Waals surface area contributed by atoms with E-state index >= 15 is 0 Å². The van der Waals surface area contributed by atoms with Crippen LogP contribution in [0.3, 0.4) is 0 Å². The van der Waals surface area contributed by atoms with Crippen LogP contribution in [0, 0.1) is 6.92 Å². The molecule has 4 rings (SSSR count). The van der Waals surface area contributed by atoms with Crippen LogP contribution in [-0.4, -0.2) is 32.5 Å². The fraction of sp³-hybridized carbons (Fsp3) is 0.158. The van der Waals surface area contributed by atoms with Gasteiger partial charge in [-0.15, -0.1) is 0 Å². The largest absolute Gasteiger partial charge is 0.496 e. The first-order valence-corrected chi connectivity index (χ1v) is 9.15. The minimum atomic E-state index is 0.822. The molecule has 0 aliphatic rings. The molecule has 3 aromatic heterocycles. The summed E-state index contributed by atoms with van der Waals surface area (Å²) in [5, 5.41) is 0.906. The minimum absolute atomic E-state index is 0.822. The van der Waals surface area contributed by atoms with E-state index in [-0.39, 0.29) is 0 Å². The Morgan fingerprint density at radius 1 is 1.12 bits per heavy atom. The van der Waals surface area contributed by atoms with Gasteiger partial charge in [0.2, 0.25) is 0 Å². The first-order chi connectivity index (χ1) is 12.2. The highest BCUT2D eigenvalue weighted by atomic mass is 32.2. The summed E-state index contributed by atoms with van der Waals surface area (Å²) in [6.07, 6.45) is 7.86. The molecule has 0 aliphatic carbocycles. The fourth-order valence-electron chi connectivity index (χ4n) is 3.01. The van der Waals surface area contributed by atoms with Gasteiger partial charge in [0.1, 0.15) is 11.6 Å². The number of pyridine rings is 1. The smallest absolute Gasteiger partial charge is 0.174 e. The predicted octanol–water partition coefficient (Wildman–Crippen LogP) is 4.25. The SMILES string of the molecule is COc1ccnc(-n2c(SC)nc3cc(-n4cccc4)ccc32)c1C. The summed E-state index contributed by atoms with van der Waals surface area (Å²) >= 11 is 1.61. The number of ether oxygens (including phenoxy) is 1. The summed E-state index contributed by atoms with van der Waals surface area (Å²) in [5.41, 5.74) is 4.06. The van der Waals surface area contributed by atoms with E-state index in [4.69, 9.17) is 9.72 Å². The van der Waals surface area contributed by atoms with Gasteiger partial charge in [-0.25, -0.2) is 9.97 Å². The molecule has 4 aromatic rings. The molecule has 6 heteroatoms. The lowest BCUT2D eigenvalue weighted by Crippen LogP contribution is -2.03. The summed E-state index contributed by atoms with van der Waals surface area (Å²) in [5.74, 6) is 1.67. The Hall–Kier alpha value is -2.73. The van der Waals surface area contributed by atoms with E-state index in [1.54, 1.807) is 25.1 Å². The molecule has 0 radical (unpaired) electrons. The van der Waals surface area contributed by atoms with Crippen molar-refractivity contribution in [3.63, 3.8) is 0 Å². The van der Waals surface area contributed by atoms with Gasteiger partial charge in [0.05, 0.1) is 18.1 Å². The van der Waals surface area contributed by atoms with Gasteiger partial charge in [-0.05, 0) is 49.6 Å². The zero-order chi connectivity index (χ0) is 17.4. The maximum absolute atomic E-state index is 5.45. The van der Waals surface area contributed by atoms with E-state index in [0.29, 0.717) is 0 Å². The van der Waals surface area contributed by atoms with E-state index in [2.05, 4.69) is 32.3 Å². The Kier molecular flexibility index (Phi) is 3.97. The van der Waals surface area contributed by atoms with Crippen molar-refractivity contribution in [1.82, 2.24) is 19.1 Å². The zero-order valence-corrected chi connectivity index (χ0v) is 15.1. The lowest BCUT2D eigenvalue weighted by atomic mass is 10.2. The van der Waals surface area contributed by atoms with Crippen LogP contribution >= 0.6 is 11.8 Å². The van der Waals surface area contributed by atoms with Crippen molar-refractivity contribution in [2.75, 3.05) is 13.4 Å². The number of methoxy groups -OCH3 is 1. The number of hydrogen-bond acceptors (Lipinski definition) is 4. The highest BCUT2D eigenvalue weighted by molar-refractivity contribution is 7.98. The number of nitrogens with zero attached hydrogens (tertiary/aromatic N) is 4. The van der Waals surface area contributed by atoms with Gasteiger partial charge in [0.25, 0.3) is 0 Å². The van der Waals surface area contributed by atoms with Crippen molar-refractivity contribution < 1.29 is 4.74 Å². The lowest BCUT2D eigenvalue weighted by Gasteiger charge is -2.12. The summed E-state index contributed by atoms with van der Waals surface area (Å²) in [6.45, 7) is 2.02. The predicted molar refractivity (Wildman–Crippen MR) is 101 cm³/mol. The van der Waals surface area contributed by atoms with Gasteiger partial charge in [-0.3, -0.25) is 4.57 Å². The molecule has 0 fully saturated rings. The number of rotatable bonds is 4. The van der Waals surface area contributed by atoms with Crippen molar-refractivity contribution in [3.05, 3.63) is 60.6 Å². The number of imidazole rings is 1. The molecule has 0 bridgehead atoms. The van der Waals surface area contributed by atoms with Gasteiger partial charge in [0, 0.05) is 29.8 Å². The van der Waals surface area contributed by atoms with Crippen LogP contribution in [0.2, 0.25) is 0 Å².